The average Bonchev–Trinajstić information content (AvgIpc) is 3.10. The van der Waals surface area contributed by atoms with Gasteiger partial charge in [0.05, 0.1) is 18.6 Å². The maximum atomic E-state index is 5.44. The molecule has 3 N–H and O–H groups in total. The van der Waals surface area contributed by atoms with Gasteiger partial charge in [0.25, 0.3) is 0 Å². The van der Waals surface area contributed by atoms with Gasteiger partial charge in [0.1, 0.15) is 0 Å². The summed E-state index contributed by atoms with van der Waals surface area (Å²) in [5.74, 6) is 1.22. The first kappa shape index (κ1) is 14.0. The number of nitrogens with one attached hydrogen (secondary N) is 3. The van der Waals surface area contributed by atoms with Crippen LogP contribution in [0.2, 0.25) is 0 Å². The molecule has 3 heterocycles. The molecule has 0 radical (unpaired) electrons. The van der Waals surface area contributed by atoms with Gasteiger partial charge in [0, 0.05) is 34.7 Å². The summed E-state index contributed by atoms with van der Waals surface area (Å²) in [5.41, 5.74) is 0. The van der Waals surface area contributed by atoms with Crippen molar-refractivity contribution in [2.45, 2.75) is 0 Å². The van der Waals surface area contributed by atoms with Crippen LogP contribution in [0.1, 0.15) is 0 Å². The summed E-state index contributed by atoms with van der Waals surface area (Å²) in [7, 11) is -1.03. The van der Waals surface area contributed by atoms with Crippen molar-refractivity contribution in [3.05, 3.63) is 36.8 Å². The fraction of sp³-hybridized carbons (Fsp3) is 0. The third-order valence-corrected chi connectivity index (χ3v) is 2.10. The van der Waals surface area contributed by atoms with E-state index in [0.29, 0.717) is 17.6 Å². The van der Waals surface area contributed by atoms with Gasteiger partial charge in [-0.25, -0.2) is 15.3 Å². The zero-order chi connectivity index (χ0) is 12.9. The van der Waals surface area contributed by atoms with E-state index >= 15 is 0 Å². The van der Waals surface area contributed by atoms with Crippen molar-refractivity contribution in [2.24, 2.45) is 0 Å². The van der Waals surface area contributed by atoms with Gasteiger partial charge in [-0.15, -0.1) is 0 Å². The standard InChI is InChI=1S/C9H9BN6O3.Ni/c1-4-11-14-7(1)17-10(18-8-2-5-12-15-8)19-9-3-6-13-16-9;/h1-6H,(H,11,14)(H,12,15)(H,13,16);. The Bertz CT molecular complexity index is 501. The van der Waals surface area contributed by atoms with Crippen molar-refractivity contribution >= 4 is 7.32 Å². The SMILES string of the molecule is [Ni].c1cc(OB(Oc2ccn[nH]2)Oc2ccn[nH]2)[nH]n1. The van der Waals surface area contributed by atoms with E-state index in [2.05, 4.69) is 30.6 Å². The van der Waals surface area contributed by atoms with Crippen LogP contribution in [0.25, 0.3) is 0 Å². The number of aromatic nitrogens is 6. The number of nitrogens with zero attached hydrogens (tertiary/aromatic N) is 3. The molecule has 0 aromatic carbocycles. The summed E-state index contributed by atoms with van der Waals surface area (Å²) in [6.45, 7) is 0. The summed E-state index contributed by atoms with van der Waals surface area (Å²) >= 11 is 0. The van der Waals surface area contributed by atoms with Crippen molar-refractivity contribution in [3.63, 3.8) is 0 Å². The Labute approximate surface area is 123 Å². The average molecular weight is 319 g/mol. The smallest absolute Gasteiger partial charge is 0.475 e. The van der Waals surface area contributed by atoms with E-state index in [4.69, 9.17) is 14.0 Å². The normalized spacial score (nSPS) is 9.60. The molecule has 0 aliphatic carbocycles. The monoisotopic (exact) mass is 318 g/mol. The molecule has 3 rings (SSSR count). The molecule has 106 valence electrons. The maximum Gasteiger partial charge on any atom is 0.867 e. The van der Waals surface area contributed by atoms with Crippen molar-refractivity contribution in [1.82, 2.24) is 30.6 Å². The van der Waals surface area contributed by atoms with E-state index in [1.54, 1.807) is 36.8 Å². The van der Waals surface area contributed by atoms with Crippen LogP contribution in [0.4, 0.5) is 0 Å². The van der Waals surface area contributed by atoms with Crippen molar-refractivity contribution in [1.29, 1.82) is 0 Å². The van der Waals surface area contributed by atoms with Gasteiger partial charge < -0.3 is 14.0 Å². The minimum atomic E-state index is -1.03. The fourth-order valence-corrected chi connectivity index (χ4v) is 1.31. The molecule has 0 amide bonds. The first-order valence-electron chi connectivity index (χ1n) is 5.38. The first-order chi connectivity index (χ1) is 9.40. The summed E-state index contributed by atoms with van der Waals surface area (Å²) < 4.78 is 16.3. The van der Waals surface area contributed by atoms with Crippen LogP contribution in [0, 0.1) is 0 Å². The van der Waals surface area contributed by atoms with Gasteiger partial charge in [-0.05, 0) is 0 Å². The molecular weight excluding hydrogens is 310 g/mol. The molecule has 0 atom stereocenters. The topological polar surface area (TPSA) is 114 Å². The molecule has 3 aromatic rings. The van der Waals surface area contributed by atoms with Gasteiger partial charge in [0.15, 0.2) is 17.6 Å². The molecule has 0 saturated carbocycles. The third kappa shape index (κ3) is 3.55. The summed E-state index contributed by atoms with van der Waals surface area (Å²) in [5, 5.41) is 19.2. The number of aromatic amines is 3. The van der Waals surface area contributed by atoms with Gasteiger partial charge >= 0.3 is 7.32 Å². The molecule has 0 unspecified atom stereocenters. The van der Waals surface area contributed by atoms with E-state index in [1.165, 1.54) is 0 Å². The van der Waals surface area contributed by atoms with Crippen LogP contribution in [-0.4, -0.2) is 37.9 Å². The molecule has 0 bridgehead atoms. The fourth-order valence-electron chi connectivity index (χ4n) is 1.31. The quantitative estimate of drug-likeness (QED) is 0.566. The third-order valence-electron chi connectivity index (χ3n) is 2.10. The molecule has 0 aliphatic rings. The van der Waals surface area contributed by atoms with Crippen molar-refractivity contribution in [2.75, 3.05) is 0 Å². The number of H-pyrrole nitrogens is 3. The van der Waals surface area contributed by atoms with Crippen LogP contribution in [-0.2, 0) is 16.5 Å². The van der Waals surface area contributed by atoms with E-state index in [1.807, 2.05) is 0 Å². The molecule has 9 nitrogen and oxygen atoms in total. The predicted octanol–water partition coefficient (Wildman–Crippen LogP) is 0.375. The first-order valence-corrected chi connectivity index (χ1v) is 5.38. The molecule has 0 spiro atoms. The summed E-state index contributed by atoms with van der Waals surface area (Å²) in [6.07, 6.45) is 4.66. The predicted molar refractivity (Wildman–Crippen MR) is 63.4 cm³/mol. The Morgan fingerprint density at radius 3 is 1.30 bits per heavy atom. The van der Waals surface area contributed by atoms with Crippen LogP contribution in [0.15, 0.2) is 36.8 Å². The second-order valence-corrected chi connectivity index (χ2v) is 3.40. The zero-order valence-electron chi connectivity index (χ0n) is 9.92. The number of hydrogen-bond donors (Lipinski definition) is 3. The molecule has 11 heteroatoms. The zero-order valence-corrected chi connectivity index (χ0v) is 10.9. The minimum Gasteiger partial charge on any atom is -0.475 e. The van der Waals surface area contributed by atoms with Gasteiger partial charge in [0.2, 0.25) is 0 Å². The van der Waals surface area contributed by atoms with Gasteiger partial charge in [-0.2, -0.15) is 15.3 Å². The maximum absolute atomic E-state index is 5.44. The van der Waals surface area contributed by atoms with Crippen molar-refractivity contribution in [3.8, 4) is 17.6 Å². The number of rotatable bonds is 6. The Hall–Kier alpha value is -2.41. The van der Waals surface area contributed by atoms with E-state index in [9.17, 15) is 0 Å². The summed E-state index contributed by atoms with van der Waals surface area (Å²) in [6, 6.07) is 4.92. The number of hydrogen-bond acceptors (Lipinski definition) is 6. The summed E-state index contributed by atoms with van der Waals surface area (Å²) in [4.78, 5) is 0. The Kier molecular flexibility index (Phi) is 4.67. The second-order valence-electron chi connectivity index (χ2n) is 3.40. The molecule has 20 heavy (non-hydrogen) atoms. The van der Waals surface area contributed by atoms with E-state index < -0.39 is 7.32 Å². The Morgan fingerprint density at radius 1 is 0.700 bits per heavy atom. The minimum absolute atomic E-state index is 0. The molecule has 0 saturated heterocycles. The van der Waals surface area contributed by atoms with Gasteiger partial charge in [-0.1, -0.05) is 0 Å². The van der Waals surface area contributed by atoms with Crippen LogP contribution < -0.4 is 14.0 Å². The van der Waals surface area contributed by atoms with Crippen LogP contribution >= 0.6 is 0 Å². The molecule has 0 aliphatic heterocycles. The van der Waals surface area contributed by atoms with Crippen LogP contribution in [0.5, 0.6) is 17.6 Å². The van der Waals surface area contributed by atoms with E-state index in [-0.39, 0.29) is 16.5 Å². The van der Waals surface area contributed by atoms with E-state index in [0.717, 1.165) is 0 Å². The largest absolute Gasteiger partial charge is 0.867 e. The second kappa shape index (κ2) is 6.67. The van der Waals surface area contributed by atoms with Crippen LogP contribution in [0.3, 0.4) is 0 Å². The molecule has 3 aromatic heterocycles. The Morgan fingerprint density at radius 2 is 1.05 bits per heavy atom. The van der Waals surface area contributed by atoms with Gasteiger partial charge in [-0.3, -0.25) is 0 Å². The molecule has 0 fully saturated rings. The molecular formula is C9H9BN6NiO3. The van der Waals surface area contributed by atoms with Crippen molar-refractivity contribution < 1.29 is 30.5 Å². The Balaban J connectivity index is 0.00000147.